The van der Waals surface area contributed by atoms with E-state index in [9.17, 15) is 0 Å². The van der Waals surface area contributed by atoms with Crippen molar-refractivity contribution in [2.75, 3.05) is 0 Å². The summed E-state index contributed by atoms with van der Waals surface area (Å²) < 4.78 is 6.94. The Morgan fingerprint density at radius 2 is 0.780 bits per heavy atom. The van der Waals surface area contributed by atoms with E-state index in [4.69, 9.17) is 9.40 Å². The Kier molecular flexibility index (Phi) is 7.50. The molecule has 0 bridgehead atoms. The largest absolute Gasteiger partial charge is 0.455 e. The van der Waals surface area contributed by atoms with E-state index in [0.717, 1.165) is 72.4 Å². The van der Waals surface area contributed by atoms with Crippen molar-refractivity contribution in [2.24, 2.45) is 0 Å². The van der Waals surface area contributed by atoms with Crippen LogP contribution in [0.5, 0.6) is 0 Å². The first-order chi connectivity index (χ1) is 29.2. The van der Waals surface area contributed by atoms with Crippen molar-refractivity contribution >= 4 is 65.0 Å². The summed E-state index contributed by atoms with van der Waals surface area (Å²) in [6.07, 6.45) is 3.60. The fourth-order valence-corrected chi connectivity index (χ4v) is 8.99. The van der Waals surface area contributed by atoms with E-state index in [-0.39, 0.29) is 0 Å². The van der Waals surface area contributed by atoms with E-state index in [2.05, 4.69) is 162 Å². The average molecular weight is 752 g/mol. The molecule has 0 radical (unpaired) electrons. The van der Waals surface area contributed by atoms with Crippen LogP contribution in [0.15, 0.2) is 205 Å². The summed E-state index contributed by atoms with van der Waals surface area (Å²) in [7, 11) is 0. The summed E-state index contributed by atoms with van der Waals surface area (Å²) in [6.45, 7) is 0. The average Bonchev–Trinajstić information content (AvgIpc) is 3.71. The molecule has 0 aliphatic rings. The minimum absolute atomic E-state index is 0.803. The molecule has 0 unspecified atom stereocenters. The molecular weight excluding hydrogens is 719 g/mol. The maximum atomic E-state index is 6.94. The first-order valence-corrected chi connectivity index (χ1v) is 19.9. The van der Waals surface area contributed by atoms with Crippen LogP contribution in [0.4, 0.5) is 0 Å². The predicted octanol–water partition coefficient (Wildman–Crippen LogP) is 14.7. The number of rotatable bonds is 5. The molecule has 8 aromatic carbocycles. The van der Waals surface area contributed by atoms with Gasteiger partial charge in [0.05, 0.1) is 22.8 Å². The van der Waals surface area contributed by atoms with Gasteiger partial charge in [0.25, 0.3) is 0 Å². The van der Waals surface area contributed by atoms with E-state index in [1.807, 2.05) is 36.4 Å². The number of aromatic nitrogens is 3. The number of fused-ring (bicyclic) bond motifs is 11. The summed E-state index contributed by atoms with van der Waals surface area (Å²) in [5.74, 6) is 0. The van der Waals surface area contributed by atoms with Gasteiger partial charge in [-0.15, -0.1) is 0 Å². The van der Waals surface area contributed by atoms with Gasteiger partial charge >= 0.3 is 0 Å². The van der Waals surface area contributed by atoms with Gasteiger partial charge in [-0.25, -0.2) is 4.98 Å². The van der Waals surface area contributed by atoms with Crippen molar-refractivity contribution in [1.82, 2.24) is 15.0 Å². The number of nitrogens with zero attached hydrogens (tertiary/aromatic N) is 3. The highest BCUT2D eigenvalue weighted by molar-refractivity contribution is 6.26. The molecule has 12 rings (SSSR count). The second kappa shape index (κ2) is 13.3. The van der Waals surface area contributed by atoms with Crippen molar-refractivity contribution in [2.45, 2.75) is 0 Å². The van der Waals surface area contributed by atoms with Crippen LogP contribution in [0.25, 0.3) is 121 Å². The molecule has 0 atom stereocenters. The Labute approximate surface area is 339 Å². The number of benzene rings is 8. The van der Waals surface area contributed by atoms with Gasteiger partial charge in [-0.3, -0.25) is 9.97 Å². The first kappa shape index (κ1) is 33.2. The zero-order valence-corrected chi connectivity index (χ0v) is 31.8. The molecular formula is C55H33N3O. The maximum absolute atomic E-state index is 6.94. The van der Waals surface area contributed by atoms with Gasteiger partial charge in [-0.1, -0.05) is 140 Å². The number of furan rings is 1. The second-order valence-corrected chi connectivity index (χ2v) is 15.1. The molecule has 59 heavy (non-hydrogen) atoms. The first-order valence-electron chi connectivity index (χ1n) is 19.9. The summed E-state index contributed by atoms with van der Waals surface area (Å²) in [5.41, 5.74) is 11.7. The van der Waals surface area contributed by atoms with Gasteiger partial charge in [0.1, 0.15) is 11.2 Å². The van der Waals surface area contributed by atoms with E-state index in [1.165, 1.54) is 48.8 Å². The van der Waals surface area contributed by atoms with Crippen LogP contribution >= 0.6 is 0 Å². The van der Waals surface area contributed by atoms with Crippen LogP contribution in [0, 0.1) is 0 Å². The number of pyridine rings is 3. The molecule has 12 aromatic rings. The normalized spacial score (nSPS) is 11.7. The standard InChI is InChI=1S/C55H33N3O/c1-2-14-41-39(12-1)40-13-3-4-15-42(40)48-30-36(26-27-44(41)48)47-33-49-46-19-11-18-38(54(46)59-55(49)45-17-6-5-16-43(45)47)35-24-22-34(23-25-35)37-31-52(50-20-7-9-28-56-50)58-53(32-37)51-21-8-10-29-57-51/h1-33H. The van der Waals surface area contributed by atoms with Gasteiger partial charge in [0, 0.05) is 34.1 Å². The third-order valence-corrected chi connectivity index (χ3v) is 11.8. The summed E-state index contributed by atoms with van der Waals surface area (Å²) in [5, 5.41) is 12.1. The van der Waals surface area contributed by atoms with Crippen LogP contribution in [0.2, 0.25) is 0 Å². The van der Waals surface area contributed by atoms with Crippen molar-refractivity contribution in [3.63, 3.8) is 0 Å². The van der Waals surface area contributed by atoms with Crippen LogP contribution in [-0.4, -0.2) is 15.0 Å². The van der Waals surface area contributed by atoms with Crippen LogP contribution in [0.1, 0.15) is 0 Å². The Balaban J connectivity index is 0.994. The Morgan fingerprint density at radius 1 is 0.271 bits per heavy atom. The summed E-state index contributed by atoms with van der Waals surface area (Å²) in [4.78, 5) is 14.2. The second-order valence-electron chi connectivity index (χ2n) is 15.1. The van der Waals surface area contributed by atoms with Gasteiger partial charge in [0.2, 0.25) is 0 Å². The molecule has 0 aliphatic carbocycles. The predicted molar refractivity (Wildman–Crippen MR) is 244 cm³/mol. The monoisotopic (exact) mass is 751 g/mol. The molecule has 4 nitrogen and oxygen atoms in total. The zero-order valence-electron chi connectivity index (χ0n) is 31.8. The van der Waals surface area contributed by atoms with E-state index in [1.54, 1.807) is 12.4 Å². The van der Waals surface area contributed by atoms with Crippen molar-refractivity contribution in [3.05, 3.63) is 200 Å². The third-order valence-electron chi connectivity index (χ3n) is 11.8. The highest BCUT2D eigenvalue weighted by Crippen LogP contribution is 2.44. The molecule has 4 heteroatoms. The maximum Gasteiger partial charge on any atom is 0.143 e. The molecule has 0 amide bonds. The van der Waals surface area contributed by atoms with Crippen molar-refractivity contribution in [1.29, 1.82) is 0 Å². The van der Waals surface area contributed by atoms with Crippen molar-refractivity contribution in [3.8, 4) is 56.2 Å². The highest BCUT2D eigenvalue weighted by Gasteiger charge is 2.19. The van der Waals surface area contributed by atoms with E-state index in [0.29, 0.717) is 0 Å². The minimum Gasteiger partial charge on any atom is -0.455 e. The summed E-state index contributed by atoms with van der Waals surface area (Å²) >= 11 is 0. The van der Waals surface area contributed by atoms with Crippen LogP contribution in [-0.2, 0) is 0 Å². The SMILES string of the molecule is c1ccc(-c2cc(-c3ccc(-c4cccc5c4oc4c6ccccc6c(-c6ccc7c8ccccc8c8ccccc8c7c6)cc54)cc3)cc(-c3ccccn3)n2)nc1. The molecule has 0 saturated heterocycles. The van der Waals surface area contributed by atoms with Gasteiger partial charge in [-0.05, 0) is 114 Å². The molecule has 0 aliphatic heterocycles. The topological polar surface area (TPSA) is 51.8 Å². The lowest BCUT2D eigenvalue weighted by molar-refractivity contribution is 0.674. The van der Waals surface area contributed by atoms with Crippen LogP contribution in [0.3, 0.4) is 0 Å². The minimum atomic E-state index is 0.803. The Bertz CT molecular complexity index is 3500. The molecule has 0 spiro atoms. The fourth-order valence-electron chi connectivity index (χ4n) is 8.99. The molecule has 274 valence electrons. The lowest BCUT2D eigenvalue weighted by Crippen LogP contribution is -1.93. The number of hydrogen-bond donors (Lipinski definition) is 0. The molecule has 0 fully saturated rings. The Morgan fingerprint density at radius 3 is 1.41 bits per heavy atom. The zero-order chi connectivity index (χ0) is 38.9. The van der Waals surface area contributed by atoms with Gasteiger partial charge in [0.15, 0.2) is 0 Å². The fraction of sp³-hybridized carbons (Fsp3) is 0. The summed E-state index contributed by atoms with van der Waals surface area (Å²) in [6, 6.07) is 66.7. The quantitative estimate of drug-likeness (QED) is 0.164. The third kappa shape index (κ3) is 5.42. The number of hydrogen-bond acceptors (Lipinski definition) is 4. The van der Waals surface area contributed by atoms with Crippen molar-refractivity contribution < 1.29 is 4.42 Å². The smallest absolute Gasteiger partial charge is 0.143 e. The van der Waals surface area contributed by atoms with Gasteiger partial charge < -0.3 is 4.42 Å². The molecule has 4 aromatic heterocycles. The molecule has 0 N–H and O–H groups in total. The van der Waals surface area contributed by atoms with Crippen LogP contribution < -0.4 is 0 Å². The van der Waals surface area contributed by atoms with Gasteiger partial charge in [-0.2, -0.15) is 0 Å². The molecule has 0 saturated carbocycles. The molecule has 4 heterocycles. The Hall–Kier alpha value is -7.95. The van der Waals surface area contributed by atoms with E-state index < -0.39 is 0 Å². The lowest BCUT2D eigenvalue weighted by Gasteiger charge is -2.13. The number of para-hydroxylation sites is 1. The highest BCUT2D eigenvalue weighted by atomic mass is 16.3. The lowest BCUT2D eigenvalue weighted by atomic mass is 9.90. The van der Waals surface area contributed by atoms with E-state index >= 15 is 0 Å².